The standard InChI is InChI=1S/C20H17IN2O2S/c1-3-24-17-11-13(10-15(21)19(17)25-4-2)9-14(12-22)20-23-16-7-5-6-8-18(16)26-20/h5-11H,3-4H2,1-2H3/b14-9-. The monoisotopic (exact) mass is 476 g/mol. The maximum absolute atomic E-state index is 9.64. The second kappa shape index (κ2) is 8.52. The molecule has 132 valence electrons. The quantitative estimate of drug-likeness (QED) is 0.335. The molecule has 6 heteroatoms. The van der Waals surface area contributed by atoms with Crippen LogP contribution in [0.1, 0.15) is 24.4 Å². The van der Waals surface area contributed by atoms with Crippen LogP contribution in [0.15, 0.2) is 36.4 Å². The van der Waals surface area contributed by atoms with Crippen molar-refractivity contribution in [2.24, 2.45) is 0 Å². The summed E-state index contributed by atoms with van der Waals surface area (Å²) in [7, 11) is 0. The average molecular weight is 476 g/mol. The highest BCUT2D eigenvalue weighted by molar-refractivity contribution is 14.1. The molecule has 0 atom stereocenters. The number of rotatable bonds is 6. The summed E-state index contributed by atoms with van der Waals surface area (Å²) < 4.78 is 13.4. The van der Waals surface area contributed by atoms with Gasteiger partial charge in [-0.3, -0.25) is 0 Å². The lowest BCUT2D eigenvalue weighted by atomic mass is 10.1. The maximum atomic E-state index is 9.64. The minimum atomic E-state index is 0.536. The molecule has 2 aromatic carbocycles. The van der Waals surface area contributed by atoms with Crippen molar-refractivity contribution in [3.05, 3.63) is 50.5 Å². The molecule has 0 fully saturated rings. The molecule has 3 aromatic rings. The van der Waals surface area contributed by atoms with E-state index >= 15 is 0 Å². The van der Waals surface area contributed by atoms with Gasteiger partial charge in [0, 0.05) is 0 Å². The second-order valence-corrected chi connectivity index (χ2v) is 7.55. The molecule has 3 rings (SSSR count). The minimum Gasteiger partial charge on any atom is -0.490 e. The summed E-state index contributed by atoms with van der Waals surface area (Å²) in [5, 5.41) is 10.4. The fraction of sp³-hybridized carbons (Fsp3) is 0.200. The first-order valence-corrected chi connectivity index (χ1v) is 10.1. The van der Waals surface area contributed by atoms with E-state index in [1.807, 2.05) is 56.3 Å². The molecule has 0 bridgehead atoms. The van der Waals surface area contributed by atoms with E-state index in [1.165, 1.54) is 11.3 Å². The lowest BCUT2D eigenvalue weighted by Gasteiger charge is -2.13. The molecule has 4 nitrogen and oxygen atoms in total. The zero-order chi connectivity index (χ0) is 18.5. The van der Waals surface area contributed by atoms with E-state index in [-0.39, 0.29) is 0 Å². The smallest absolute Gasteiger partial charge is 0.174 e. The Morgan fingerprint density at radius 2 is 2.00 bits per heavy atom. The van der Waals surface area contributed by atoms with Crippen LogP contribution in [0.5, 0.6) is 11.5 Å². The lowest BCUT2D eigenvalue weighted by molar-refractivity contribution is 0.286. The number of allylic oxidation sites excluding steroid dienone is 1. The largest absolute Gasteiger partial charge is 0.490 e. The van der Waals surface area contributed by atoms with Crippen molar-refractivity contribution < 1.29 is 9.47 Å². The molecule has 1 aromatic heterocycles. The van der Waals surface area contributed by atoms with E-state index in [0.717, 1.165) is 30.1 Å². The zero-order valence-corrected chi connectivity index (χ0v) is 17.4. The van der Waals surface area contributed by atoms with Gasteiger partial charge in [-0.2, -0.15) is 5.26 Å². The fourth-order valence-electron chi connectivity index (χ4n) is 2.51. The molecular formula is C20H17IN2O2S. The summed E-state index contributed by atoms with van der Waals surface area (Å²) in [4.78, 5) is 4.58. The molecule has 0 radical (unpaired) electrons. The molecule has 0 aliphatic heterocycles. The topological polar surface area (TPSA) is 55.1 Å². The third-order valence-electron chi connectivity index (χ3n) is 3.58. The average Bonchev–Trinajstić information content (AvgIpc) is 3.06. The number of ether oxygens (including phenoxy) is 2. The van der Waals surface area contributed by atoms with Gasteiger partial charge in [-0.15, -0.1) is 11.3 Å². The first kappa shape index (κ1) is 18.7. The van der Waals surface area contributed by atoms with E-state index < -0.39 is 0 Å². The SMILES string of the molecule is CCOc1cc(/C=C(/C#N)c2nc3ccccc3s2)cc(I)c1OCC. The summed E-state index contributed by atoms with van der Waals surface area (Å²) in [5.74, 6) is 1.43. The van der Waals surface area contributed by atoms with Crippen LogP contribution in [0.2, 0.25) is 0 Å². The first-order chi connectivity index (χ1) is 12.7. The molecule has 0 saturated heterocycles. The Balaban J connectivity index is 2.05. The molecule has 0 aliphatic carbocycles. The molecule has 0 saturated carbocycles. The highest BCUT2D eigenvalue weighted by atomic mass is 127. The van der Waals surface area contributed by atoms with Crippen LogP contribution in [0.4, 0.5) is 0 Å². The number of fused-ring (bicyclic) bond motifs is 1. The molecule has 0 aliphatic rings. The summed E-state index contributed by atoms with van der Waals surface area (Å²) in [6.45, 7) is 5.00. The lowest BCUT2D eigenvalue weighted by Crippen LogP contribution is -2.00. The van der Waals surface area contributed by atoms with Gasteiger partial charge >= 0.3 is 0 Å². The van der Waals surface area contributed by atoms with Crippen LogP contribution in [0.25, 0.3) is 21.9 Å². The number of para-hydroxylation sites is 1. The number of hydrogen-bond donors (Lipinski definition) is 0. The molecule has 26 heavy (non-hydrogen) atoms. The molecule has 0 N–H and O–H groups in total. The van der Waals surface area contributed by atoms with Crippen molar-refractivity contribution in [3.63, 3.8) is 0 Å². The van der Waals surface area contributed by atoms with E-state index in [9.17, 15) is 5.26 Å². The Labute approximate surface area is 170 Å². The van der Waals surface area contributed by atoms with E-state index in [0.29, 0.717) is 24.5 Å². The number of aromatic nitrogens is 1. The Morgan fingerprint density at radius 1 is 1.23 bits per heavy atom. The van der Waals surface area contributed by atoms with E-state index in [2.05, 4.69) is 33.6 Å². The van der Waals surface area contributed by atoms with Crippen molar-refractivity contribution >= 4 is 55.8 Å². The van der Waals surface area contributed by atoms with Gasteiger partial charge in [0.1, 0.15) is 11.1 Å². The highest BCUT2D eigenvalue weighted by Crippen LogP contribution is 2.36. The Bertz CT molecular complexity index is 972. The predicted molar refractivity (Wildman–Crippen MR) is 115 cm³/mol. The number of nitriles is 1. The van der Waals surface area contributed by atoms with Crippen LogP contribution in [0, 0.1) is 14.9 Å². The van der Waals surface area contributed by atoms with Gasteiger partial charge in [-0.25, -0.2) is 4.98 Å². The van der Waals surface area contributed by atoms with Gasteiger partial charge < -0.3 is 9.47 Å². The molecular weight excluding hydrogens is 459 g/mol. The van der Waals surface area contributed by atoms with Gasteiger partial charge in [0.2, 0.25) is 0 Å². The maximum Gasteiger partial charge on any atom is 0.174 e. The zero-order valence-electron chi connectivity index (χ0n) is 14.5. The van der Waals surface area contributed by atoms with Gasteiger partial charge in [-0.05, 0) is 72.3 Å². The molecule has 1 heterocycles. The second-order valence-electron chi connectivity index (χ2n) is 5.35. The minimum absolute atomic E-state index is 0.536. The van der Waals surface area contributed by atoms with Crippen molar-refractivity contribution in [1.29, 1.82) is 5.26 Å². The summed E-state index contributed by atoms with van der Waals surface area (Å²) in [5.41, 5.74) is 2.33. The van der Waals surface area contributed by atoms with Gasteiger partial charge in [0.15, 0.2) is 11.5 Å². The third-order valence-corrected chi connectivity index (χ3v) is 5.45. The van der Waals surface area contributed by atoms with Crippen LogP contribution < -0.4 is 9.47 Å². The molecule has 0 amide bonds. The van der Waals surface area contributed by atoms with Crippen LogP contribution in [-0.4, -0.2) is 18.2 Å². The van der Waals surface area contributed by atoms with Gasteiger partial charge in [-0.1, -0.05) is 12.1 Å². The van der Waals surface area contributed by atoms with E-state index in [4.69, 9.17) is 9.47 Å². The Hall–Kier alpha value is -2.11. The Kier molecular flexibility index (Phi) is 6.12. The Morgan fingerprint density at radius 3 is 2.69 bits per heavy atom. The fourth-order valence-corrected chi connectivity index (χ4v) is 4.23. The third kappa shape index (κ3) is 4.00. The predicted octanol–water partition coefficient (Wildman–Crippen LogP) is 5.76. The van der Waals surface area contributed by atoms with Gasteiger partial charge in [0.05, 0.1) is 32.6 Å². The van der Waals surface area contributed by atoms with Gasteiger partial charge in [0.25, 0.3) is 0 Å². The van der Waals surface area contributed by atoms with Crippen LogP contribution in [-0.2, 0) is 0 Å². The summed E-state index contributed by atoms with van der Waals surface area (Å²) in [6.07, 6.45) is 1.85. The normalized spacial score (nSPS) is 11.4. The number of hydrogen-bond acceptors (Lipinski definition) is 5. The summed E-state index contributed by atoms with van der Waals surface area (Å²) in [6, 6.07) is 14.1. The van der Waals surface area contributed by atoms with Crippen molar-refractivity contribution in [2.45, 2.75) is 13.8 Å². The number of thiazole rings is 1. The van der Waals surface area contributed by atoms with Crippen LogP contribution >= 0.6 is 33.9 Å². The molecule has 0 spiro atoms. The van der Waals surface area contributed by atoms with Crippen molar-refractivity contribution in [1.82, 2.24) is 4.98 Å². The van der Waals surface area contributed by atoms with Crippen molar-refractivity contribution in [2.75, 3.05) is 13.2 Å². The molecule has 0 unspecified atom stereocenters. The number of nitrogens with zero attached hydrogens (tertiary/aromatic N) is 2. The first-order valence-electron chi connectivity index (χ1n) is 8.23. The number of halogens is 1. The van der Waals surface area contributed by atoms with Crippen molar-refractivity contribution in [3.8, 4) is 17.6 Å². The summed E-state index contributed by atoms with van der Waals surface area (Å²) >= 11 is 3.75. The van der Waals surface area contributed by atoms with E-state index in [1.54, 1.807) is 0 Å². The highest BCUT2D eigenvalue weighted by Gasteiger charge is 2.13. The number of benzene rings is 2. The van der Waals surface area contributed by atoms with Crippen LogP contribution in [0.3, 0.4) is 0 Å².